The molecule has 0 atom stereocenters. The molecule has 0 radical (unpaired) electrons. The molecule has 0 amide bonds. The fraction of sp³-hybridized carbons (Fsp3) is 0.174. The van der Waals surface area contributed by atoms with Crippen LogP contribution in [0.15, 0.2) is 66.7 Å². The number of benzene rings is 3. The smallest absolute Gasteiger partial charge is 0.194 e. The van der Waals surface area contributed by atoms with Crippen LogP contribution in [0, 0.1) is 0 Å². The van der Waals surface area contributed by atoms with E-state index in [0.29, 0.717) is 21.7 Å². The molecule has 0 aliphatic carbocycles. The van der Waals surface area contributed by atoms with Crippen LogP contribution in [0.4, 0.5) is 11.4 Å². The number of carbonyl (C=O) groups is 1. The molecule has 0 spiro atoms. The SMILES string of the molecule is CN(C)c1ccc2c(c1)P(=O)(c1ccccc1)c1cc(N(C)C)ccc1C2=O. The predicted molar refractivity (Wildman–Crippen MR) is 118 cm³/mol. The number of rotatable bonds is 3. The predicted octanol–water partition coefficient (Wildman–Crippen LogP) is 3.00. The molecule has 28 heavy (non-hydrogen) atoms. The molecule has 5 heteroatoms. The van der Waals surface area contributed by atoms with E-state index < -0.39 is 7.14 Å². The van der Waals surface area contributed by atoms with Crippen molar-refractivity contribution in [1.82, 2.24) is 0 Å². The van der Waals surface area contributed by atoms with E-state index in [1.54, 1.807) is 0 Å². The maximum atomic E-state index is 14.8. The Labute approximate surface area is 165 Å². The lowest BCUT2D eigenvalue weighted by Gasteiger charge is -2.30. The third kappa shape index (κ3) is 2.68. The van der Waals surface area contributed by atoms with Gasteiger partial charge < -0.3 is 14.4 Å². The van der Waals surface area contributed by atoms with Crippen LogP contribution in [0.2, 0.25) is 0 Å². The molecule has 1 aliphatic rings. The van der Waals surface area contributed by atoms with Gasteiger partial charge in [0.05, 0.1) is 0 Å². The Morgan fingerprint density at radius 3 is 1.57 bits per heavy atom. The van der Waals surface area contributed by atoms with Gasteiger partial charge in [-0.25, -0.2) is 0 Å². The van der Waals surface area contributed by atoms with Crippen LogP contribution < -0.4 is 25.7 Å². The lowest BCUT2D eigenvalue weighted by Crippen LogP contribution is -2.37. The van der Waals surface area contributed by atoms with Gasteiger partial charge in [-0.05, 0) is 36.4 Å². The summed E-state index contributed by atoms with van der Waals surface area (Å²) in [5, 5.41) is 1.99. The van der Waals surface area contributed by atoms with Crippen molar-refractivity contribution in [2.75, 3.05) is 38.0 Å². The molecule has 0 aromatic heterocycles. The largest absolute Gasteiger partial charge is 0.378 e. The number of ketones is 1. The highest BCUT2D eigenvalue weighted by molar-refractivity contribution is 7.85. The highest BCUT2D eigenvalue weighted by Gasteiger charge is 2.41. The zero-order valence-electron chi connectivity index (χ0n) is 16.5. The maximum absolute atomic E-state index is 14.8. The monoisotopic (exact) mass is 390 g/mol. The highest BCUT2D eigenvalue weighted by Crippen LogP contribution is 2.48. The van der Waals surface area contributed by atoms with Crippen molar-refractivity contribution in [2.24, 2.45) is 0 Å². The molecule has 3 aromatic rings. The van der Waals surface area contributed by atoms with Crippen molar-refractivity contribution >= 4 is 40.2 Å². The van der Waals surface area contributed by atoms with Crippen LogP contribution in [0.25, 0.3) is 0 Å². The molecule has 0 saturated heterocycles. The molecule has 142 valence electrons. The van der Waals surface area contributed by atoms with Crippen LogP contribution in [0.5, 0.6) is 0 Å². The number of anilines is 2. The zero-order chi connectivity index (χ0) is 20.1. The van der Waals surface area contributed by atoms with E-state index in [1.807, 2.05) is 105 Å². The zero-order valence-corrected chi connectivity index (χ0v) is 17.4. The van der Waals surface area contributed by atoms with E-state index >= 15 is 0 Å². The molecule has 0 fully saturated rings. The summed E-state index contributed by atoms with van der Waals surface area (Å²) in [6.45, 7) is 0. The minimum absolute atomic E-state index is 0.0666. The fourth-order valence-corrected chi connectivity index (χ4v) is 6.76. The summed E-state index contributed by atoms with van der Waals surface area (Å²) in [4.78, 5) is 17.2. The average molecular weight is 390 g/mol. The van der Waals surface area contributed by atoms with Gasteiger partial charge in [0.1, 0.15) is 0 Å². The first kappa shape index (κ1) is 18.5. The van der Waals surface area contributed by atoms with E-state index in [9.17, 15) is 9.36 Å². The first-order valence-corrected chi connectivity index (χ1v) is 10.9. The summed E-state index contributed by atoms with van der Waals surface area (Å²) >= 11 is 0. The van der Waals surface area contributed by atoms with Crippen LogP contribution in [-0.4, -0.2) is 34.0 Å². The van der Waals surface area contributed by atoms with Crippen LogP contribution >= 0.6 is 7.14 Å². The summed E-state index contributed by atoms with van der Waals surface area (Å²) in [5.74, 6) is -0.0666. The van der Waals surface area contributed by atoms with Crippen LogP contribution in [-0.2, 0) is 4.57 Å². The van der Waals surface area contributed by atoms with Gasteiger partial charge in [0.15, 0.2) is 12.9 Å². The van der Waals surface area contributed by atoms with E-state index in [1.165, 1.54) is 0 Å². The topological polar surface area (TPSA) is 40.6 Å². The van der Waals surface area contributed by atoms with Crippen molar-refractivity contribution < 1.29 is 9.36 Å². The van der Waals surface area contributed by atoms with E-state index in [2.05, 4.69) is 0 Å². The third-order valence-electron chi connectivity index (χ3n) is 5.28. The molecular formula is C23H23N2O2P. The normalized spacial score (nSPS) is 14.2. The summed E-state index contributed by atoms with van der Waals surface area (Å²) in [6.07, 6.45) is 0. The molecule has 0 N–H and O–H groups in total. The molecule has 0 bridgehead atoms. The van der Waals surface area contributed by atoms with E-state index in [-0.39, 0.29) is 5.78 Å². The molecule has 0 unspecified atom stereocenters. The molecular weight excluding hydrogens is 367 g/mol. The summed E-state index contributed by atoms with van der Waals surface area (Å²) < 4.78 is 14.8. The Morgan fingerprint density at radius 1 is 0.679 bits per heavy atom. The van der Waals surface area contributed by atoms with Gasteiger partial charge in [-0.15, -0.1) is 0 Å². The van der Waals surface area contributed by atoms with Crippen molar-refractivity contribution in [2.45, 2.75) is 0 Å². The number of hydrogen-bond donors (Lipinski definition) is 0. The molecule has 4 rings (SSSR count). The molecule has 4 nitrogen and oxygen atoms in total. The minimum atomic E-state index is -3.19. The highest BCUT2D eigenvalue weighted by atomic mass is 31.2. The van der Waals surface area contributed by atoms with Crippen molar-refractivity contribution in [1.29, 1.82) is 0 Å². The second-order valence-corrected chi connectivity index (χ2v) is 10.2. The summed E-state index contributed by atoms with van der Waals surface area (Å²) in [6, 6.07) is 20.8. The van der Waals surface area contributed by atoms with Crippen molar-refractivity contribution in [3.63, 3.8) is 0 Å². The second-order valence-electron chi connectivity index (χ2n) is 7.47. The lowest BCUT2D eigenvalue weighted by atomic mass is 10.0. The van der Waals surface area contributed by atoms with Crippen molar-refractivity contribution in [3.05, 3.63) is 77.9 Å². The number of carbonyl (C=O) groups excluding carboxylic acids is 1. The van der Waals surface area contributed by atoms with E-state index in [4.69, 9.17) is 0 Å². The van der Waals surface area contributed by atoms with Gasteiger partial charge in [0.2, 0.25) is 0 Å². The van der Waals surface area contributed by atoms with Gasteiger partial charge >= 0.3 is 0 Å². The summed E-state index contributed by atoms with van der Waals surface area (Å²) in [7, 11) is 4.58. The first-order chi connectivity index (χ1) is 13.3. The Kier molecular flexibility index (Phi) is 4.40. The minimum Gasteiger partial charge on any atom is -0.378 e. The standard InChI is InChI=1S/C23H23N2O2P/c1-24(2)16-10-12-19-21(14-16)28(27,18-8-6-5-7-9-18)22-15-17(25(3)4)11-13-20(22)23(19)26/h5-15H,1-4H3. The van der Waals surface area contributed by atoms with Gasteiger partial charge in [-0.1, -0.05) is 30.3 Å². The quantitative estimate of drug-likeness (QED) is 0.505. The number of hydrogen-bond acceptors (Lipinski definition) is 4. The van der Waals surface area contributed by atoms with Crippen LogP contribution in [0.3, 0.4) is 0 Å². The molecule has 1 aliphatic heterocycles. The van der Waals surface area contributed by atoms with E-state index in [0.717, 1.165) is 16.7 Å². The number of nitrogens with zero attached hydrogens (tertiary/aromatic N) is 2. The van der Waals surface area contributed by atoms with Gasteiger partial charge in [0, 0.05) is 66.6 Å². The fourth-order valence-electron chi connectivity index (χ4n) is 3.69. The van der Waals surface area contributed by atoms with Crippen LogP contribution in [0.1, 0.15) is 15.9 Å². The maximum Gasteiger partial charge on any atom is 0.194 e. The Hall–Kier alpha value is -2.84. The number of fused-ring (bicyclic) bond motifs is 2. The average Bonchev–Trinajstić information content (AvgIpc) is 2.71. The lowest BCUT2D eigenvalue weighted by molar-refractivity contribution is 0.104. The first-order valence-electron chi connectivity index (χ1n) is 9.18. The third-order valence-corrected chi connectivity index (χ3v) is 8.41. The van der Waals surface area contributed by atoms with Crippen molar-refractivity contribution in [3.8, 4) is 0 Å². The summed E-state index contributed by atoms with van der Waals surface area (Å²) in [5.41, 5.74) is 2.91. The Morgan fingerprint density at radius 2 is 1.14 bits per heavy atom. The Balaban J connectivity index is 2.10. The van der Waals surface area contributed by atoms with Gasteiger partial charge in [-0.3, -0.25) is 4.79 Å². The Bertz CT molecular complexity index is 1060. The molecule has 3 aromatic carbocycles. The molecule has 0 saturated carbocycles. The van der Waals surface area contributed by atoms with Gasteiger partial charge in [-0.2, -0.15) is 0 Å². The molecule has 1 heterocycles. The second kappa shape index (κ2) is 6.65. The van der Waals surface area contributed by atoms with Gasteiger partial charge in [0.25, 0.3) is 0 Å².